The van der Waals surface area contributed by atoms with Gasteiger partial charge in [-0.15, -0.1) is 13.2 Å². The van der Waals surface area contributed by atoms with Crippen LogP contribution < -0.4 is 14.8 Å². The summed E-state index contributed by atoms with van der Waals surface area (Å²) in [5, 5.41) is 12.9. The number of nitrogens with zero attached hydrogens (tertiary/aromatic N) is 3. The summed E-state index contributed by atoms with van der Waals surface area (Å²) in [5.41, 5.74) is 2.32. The highest BCUT2D eigenvalue weighted by Crippen LogP contribution is 2.45. The Kier molecular flexibility index (Phi) is 10.0. The zero-order valence-electron chi connectivity index (χ0n) is 22.7. The van der Waals surface area contributed by atoms with Gasteiger partial charge in [0.2, 0.25) is 5.91 Å². The van der Waals surface area contributed by atoms with Crippen LogP contribution in [-0.2, 0) is 22.5 Å². The Bertz CT molecular complexity index is 1320. The lowest BCUT2D eigenvalue weighted by molar-refractivity contribution is -0.274. The average Bonchev–Trinajstić information content (AvgIpc) is 3.61. The van der Waals surface area contributed by atoms with Crippen molar-refractivity contribution in [3.8, 4) is 11.8 Å². The van der Waals surface area contributed by atoms with Gasteiger partial charge in [-0.05, 0) is 54.7 Å². The van der Waals surface area contributed by atoms with Crippen LogP contribution in [0.25, 0.3) is 0 Å². The molecule has 1 amide bonds. The molecule has 9 nitrogen and oxygen atoms in total. The number of aryl methyl sites for hydroxylation is 1. The molecule has 222 valence electrons. The second kappa shape index (κ2) is 13.5. The molecule has 0 aliphatic carbocycles. The second-order valence-corrected chi connectivity index (χ2v) is 9.91. The van der Waals surface area contributed by atoms with Gasteiger partial charge in [-0.1, -0.05) is 35.9 Å². The third kappa shape index (κ3) is 8.27. The maximum atomic E-state index is 12.6. The number of rotatable bonds is 14. The van der Waals surface area contributed by atoms with Crippen LogP contribution in [0.2, 0.25) is 5.02 Å². The zero-order chi connectivity index (χ0) is 29.6. The lowest BCUT2D eigenvalue weighted by atomic mass is 10.1. The van der Waals surface area contributed by atoms with Gasteiger partial charge in [-0.2, -0.15) is 4.98 Å². The smallest absolute Gasteiger partial charge is 0.465 e. The third-order valence-corrected chi connectivity index (χ3v) is 6.69. The Balaban J connectivity index is 1.52. The fraction of sp³-hybridized carbons (Fsp3) is 0.429. The SMILES string of the molecule is CNc1nc(OCCCc2cccc(OC(F)(F)F)c2)n(Cc2ccc(Cl)cc2)c1C1OC1N(CCCO)C(C)=O. The predicted molar refractivity (Wildman–Crippen MR) is 146 cm³/mol. The van der Waals surface area contributed by atoms with Gasteiger partial charge in [0.1, 0.15) is 11.9 Å². The minimum atomic E-state index is -4.75. The molecule has 0 saturated carbocycles. The summed E-state index contributed by atoms with van der Waals surface area (Å²) in [6, 6.07) is 13.5. The van der Waals surface area contributed by atoms with Crippen LogP contribution in [0.3, 0.4) is 0 Å². The summed E-state index contributed by atoms with van der Waals surface area (Å²) in [6.45, 7) is 2.40. The fourth-order valence-electron chi connectivity index (χ4n) is 4.54. The molecule has 2 atom stereocenters. The Hall–Kier alpha value is -3.48. The molecule has 13 heteroatoms. The van der Waals surface area contributed by atoms with Crippen LogP contribution >= 0.6 is 11.6 Å². The van der Waals surface area contributed by atoms with Gasteiger partial charge in [0.15, 0.2) is 12.0 Å². The number of epoxide rings is 1. The molecule has 41 heavy (non-hydrogen) atoms. The van der Waals surface area contributed by atoms with Crippen LogP contribution in [0.15, 0.2) is 48.5 Å². The summed E-state index contributed by atoms with van der Waals surface area (Å²) in [5.74, 6) is 0.0985. The number of aromatic nitrogens is 2. The maximum absolute atomic E-state index is 12.6. The highest BCUT2D eigenvalue weighted by atomic mass is 35.5. The molecule has 2 heterocycles. The Morgan fingerprint density at radius 2 is 1.95 bits per heavy atom. The van der Waals surface area contributed by atoms with Crippen molar-refractivity contribution in [2.45, 2.75) is 51.4 Å². The third-order valence-electron chi connectivity index (χ3n) is 6.44. The van der Waals surface area contributed by atoms with Crippen molar-refractivity contribution >= 4 is 23.3 Å². The van der Waals surface area contributed by atoms with Crippen LogP contribution in [0.4, 0.5) is 19.0 Å². The normalized spacial score (nSPS) is 16.4. The number of nitrogens with one attached hydrogen (secondary N) is 1. The molecular formula is C28H32ClF3N4O5. The van der Waals surface area contributed by atoms with Crippen LogP contribution in [0, 0.1) is 0 Å². The molecule has 0 radical (unpaired) electrons. The van der Waals surface area contributed by atoms with E-state index >= 15 is 0 Å². The summed E-state index contributed by atoms with van der Waals surface area (Å²) in [6.07, 6.45) is -4.33. The lowest BCUT2D eigenvalue weighted by Gasteiger charge is -2.18. The summed E-state index contributed by atoms with van der Waals surface area (Å²) >= 11 is 6.07. The highest BCUT2D eigenvalue weighted by Gasteiger charge is 2.49. The van der Waals surface area contributed by atoms with Crippen molar-refractivity contribution in [3.63, 3.8) is 0 Å². The first-order valence-corrected chi connectivity index (χ1v) is 13.5. The highest BCUT2D eigenvalue weighted by molar-refractivity contribution is 6.30. The van der Waals surface area contributed by atoms with Gasteiger partial charge in [-0.3, -0.25) is 9.36 Å². The topological polar surface area (TPSA) is 101 Å². The Morgan fingerprint density at radius 3 is 2.61 bits per heavy atom. The number of anilines is 1. The number of ether oxygens (including phenoxy) is 3. The number of hydrogen-bond acceptors (Lipinski definition) is 7. The molecule has 4 rings (SSSR count). The van der Waals surface area contributed by atoms with Gasteiger partial charge < -0.3 is 29.5 Å². The second-order valence-electron chi connectivity index (χ2n) is 9.47. The molecule has 0 bridgehead atoms. The standard InChI is InChI=1S/C28H32ClF3N4O5/c1-18(38)35(13-5-14-37)26-24(40-26)23-25(33-2)34-27(36(23)17-20-9-11-21(29)12-10-20)39-15-4-7-19-6-3-8-22(16-19)41-28(30,31)32/h3,6,8-12,16,24,26,33,37H,4-5,7,13-15,17H2,1-2H3. The number of carbonyl (C=O) groups excluding carboxylic acids is 1. The van der Waals surface area contributed by atoms with E-state index < -0.39 is 18.7 Å². The Labute approximate surface area is 240 Å². The van der Waals surface area contributed by atoms with E-state index in [1.165, 1.54) is 25.1 Å². The van der Waals surface area contributed by atoms with Gasteiger partial charge in [0, 0.05) is 32.1 Å². The molecule has 3 aromatic rings. The molecule has 1 fully saturated rings. The first-order chi connectivity index (χ1) is 19.6. The van der Waals surface area contributed by atoms with E-state index in [2.05, 4.69) is 15.0 Å². The van der Waals surface area contributed by atoms with Gasteiger partial charge in [-0.25, -0.2) is 0 Å². The van der Waals surface area contributed by atoms with Crippen molar-refractivity contribution in [2.24, 2.45) is 0 Å². The largest absolute Gasteiger partial charge is 0.573 e. The fourth-order valence-corrected chi connectivity index (χ4v) is 4.66. The summed E-state index contributed by atoms with van der Waals surface area (Å²) < 4.78 is 55.6. The first-order valence-electron chi connectivity index (χ1n) is 13.1. The molecule has 2 unspecified atom stereocenters. The van der Waals surface area contributed by atoms with E-state index in [-0.39, 0.29) is 24.9 Å². The number of hydrogen-bond donors (Lipinski definition) is 2. The van der Waals surface area contributed by atoms with E-state index in [4.69, 9.17) is 21.1 Å². The number of benzene rings is 2. The van der Waals surface area contributed by atoms with Crippen LogP contribution in [0.1, 0.15) is 42.7 Å². The van der Waals surface area contributed by atoms with Crippen LogP contribution in [-0.4, -0.2) is 64.9 Å². The van der Waals surface area contributed by atoms with Gasteiger partial charge in [0.05, 0.1) is 18.8 Å². The number of aliphatic hydroxyl groups is 1. The van der Waals surface area contributed by atoms with Crippen molar-refractivity contribution < 1.29 is 37.3 Å². The monoisotopic (exact) mass is 596 g/mol. The number of amides is 1. The molecule has 1 saturated heterocycles. The number of alkyl halides is 3. The van der Waals surface area contributed by atoms with E-state index in [1.807, 2.05) is 16.7 Å². The van der Waals surface area contributed by atoms with E-state index in [0.717, 1.165) is 5.56 Å². The predicted octanol–water partition coefficient (Wildman–Crippen LogP) is 5.17. The van der Waals surface area contributed by atoms with E-state index in [9.17, 15) is 23.1 Å². The molecule has 0 spiro atoms. The zero-order valence-corrected chi connectivity index (χ0v) is 23.4. The average molecular weight is 597 g/mol. The Morgan fingerprint density at radius 1 is 1.20 bits per heavy atom. The number of carbonyl (C=O) groups is 1. The number of aliphatic hydroxyl groups excluding tert-OH is 1. The quantitative estimate of drug-likeness (QED) is 0.196. The van der Waals surface area contributed by atoms with Gasteiger partial charge >= 0.3 is 6.36 Å². The molecular weight excluding hydrogens is 565 g/mol. The molecule has 1 aliphatic rings. The molecule has 1 aromatic heterocycles. The summed E-state index contributed by atoms with van der Waals surface area (Å²) in [4.78, 5) is 18.5. The van der Waals surface area contributed by atoms with Gasteiger partial charge in [0.25, 0.3) is 6.01 Å². The lowest BCUT2D eigenvalue weighted by Crippen LogP contribution is -2.33. The molecule has 2 aromatic carbocycles. The van der Waals surface area contributed by atoms with Crippen molar-refractivity contribution in [1.29, 1.82) is 0 Å². The minimum Gasteiger partial charge on any atom is -0.465 e. The molecule has 2 N–H and O–H groups in total. The summed E-state index contributed by atoms with van der Waals surface area (Å²) in [7, 11) is 1.73. The number of halogens is 4. The first kappa shape index (κ1) is 30.5. The minimum absolute atomic E-state index is 0.0466. The van der Waals surface area contributed by atoms with E-state index in [1.54, 1.807) is 30.1 Å². The van der Waals surface area contributed by atoms with Crippen molar-refractivity contribution in [3.05, 3.63) is 70.4 Å². The van der Waals surface area contributed by atoms with Crippen molar-refractivity contribution in [2.75, 3.05) is 32.1 Å². The van der Waals surface area contributed by atoms with Crippen molar-refractivity contribution in [1.82, 2.24) is 14.5 Å². The van der Waals surface area contributed by atoms with Crippen LogP contribution in [0.5, 0.6) is 11.8 Å². The van der Waals surface area contributed by atoms with E-state index in [0.29, 0.717) is 60.5 Å². The maximum Gasteiger partial charge on any atom is 0.573 e. The molecule has 1 aliphatic heterocycles. The number of imidazole rings is 1.